The molecule has 0 saturated heterocycles. The van der Waals surface area contributed by atoms with E-state index in [9.17, 15) is 9.59 Å². The Morgan fingerprint density at radius 3 is 1.87 bits per heavy atom. The van der Waals surface area contributed by atoms with Gasteiger partial charge in [-0.1, -0.05) is 72.8 Å². The first-order chi connectivity index (χ1) is 18.6. The van der Waals surface area contributed by atoms with Gasteiger partial charge in [0.25, 0.3) is 0 Å². The third kappa shape index (κ3) is 8.13. The molecule has 0 radical (unpaired) electrons. The molecule has 0 heterocycles. The predicted octanol–water partition coefficient (Wildman–Crippen LogP) is 5.75. The Balaban J connectivity index is 1.40. The lowest BCUT2D eigenvalue weighted by Crippen LogP contribution is -2.45. The Labute approximate surface area is 222 Å². The SMILES string of the molecule is COc1ccc(NC(=O)[C@@H](Cc2ccc(OCc3ccccc3)cc2)NC(=O)OCc2ccccc2)cc1. The number of methoxy groups -OCH3 is 1. The lowest BCUT2D eigenvalue weighted by atomic mass is 10.0. The summed E-state index contributed by atoms with van der Waals surface area (Å²) in [6.45, 7) is 0.564. The molecule has 0 aliphatic carbocycles. The molecule has 38 heavy (non-hydrogen) atoms. The highest BCUT2D eigenvalue weighted by molar-refractivity contribution is 5.96. The number of anilines is 1. The van der Waals surface area contributed by atoms with Crippen molar-refractivity contribution in [2.45, 2.75) is 25.7 Å². The second kappa shape index (κ2) is 13.5. The highest BCUT2D eigenvalue weighted by atomic mass is 16.5. The van der Waals surface area contributed by atoms with Gasteiger partial charge in [0, 0.05) is 12.1 Å². The van der Waals surface area contributed by atoms with Gasteiger partial charge in [-0.2, -0.15) is 0 Å². The highest BCUT2D eigenvalue weighted by Crippen LogP contribution is 2.18. The van der Waals surface area contributed by atoms with Gasteiger partial charge in [0.1, 0.15) is 30.8 Å². The zero-order valence-corrected chi connectivity index (χ0v) is 21.1. The third-order valence-electron chi connectivity index (χ3n) is 5.79. The van der Waals surface area contributed by atoms with Crippen LogP contribution in [0.3, 0.4) is 0 Å². The molecule has 2 amide bonds. The number of ether oxygens (including phenoxy) is 3. The fourth-order valence-corrected chi connectivity index (χ4v) is 3.72. The molecule has 1 atom stereocenters. The molecule has 7 heteroatoms. The number of amides is 2. The predicted molar refractivity (Wildman–Crippen MR) is 146 cm³/mol. The molecule has 4 aromatic carbocycles. The second-order valence-corrected chi connectivity index (χ2v) is 8.60. The normalized spacial score (nSPS) is 11.2. The summed E-state index contributed by atoms with van der Waals surface area (Å²) in [7, 11) is 1.58. The van der Waals surface area contributed by atoms with Crippen molar-refractivity contribution in [2.24, 2.45) is 0 Å². The van der Waals surface area contributed by atoms with E-state index in [1.54, 1.807) is 31.4 Å². The van der Waals surface area contributed by atoms with Gasteiger partial charge >= 0.3 is 6.09 Å². The van der Waals surface area contributed by atoms with E-state index in [2.05, 4.69) is 10.6 Å². The molecular weight excluding hydrogens is 480 g/mol. The number of alkyl carbamates (subject to hydrolysis) is 1. The van der Waals surface area contributed by atoms with E-state index >= 15 is 0 Å². The minimum Gasteiger partial charge on any atom is -0.497 e. The van der Waals surface area contributed by atoms with Crippen molar-refractivity contribution in [1.29, 1.82) is 0 Å². The van der Waals surface area contributed by atoms with Crippen LogP contribution in [0.1, 0.15) is 16.7 Å². The molecule has 0 aromatic heterocycles. The molecule has 4 rings (SSSR count). The molecule has 4 aromatic rings. The molecule has 2 N–H and O–H groups in total. The molecule has 0 unspecified atom stereocenters. The van der Waals surface area contributed by atoms with Crippen molar-refractivity contribution in [3.63, 3.8) is 0 Å². The molecule has 7 nitrogen and oxygen atoms in total. The summed E-state index contributed by atoms with van der Waals surface area (Å²) < 4.78 is 16.4. The molecule has 194 valence electrons. The van der Waals surface area contributed by atoms with Gasteiger partial charge in [-0.25, -0.2) is 4.79 Å². The summed E-state index contributed by atoms with van der Waals surface area (Å²) in [4.78, 5) is 25.8. The first-order valence-electron chi connectivity index (χ1n) is 12.3. The lowest BCUT2D eigenvalue weighted by Gasteiger charge is -2.19. The van der Waals surface area contributed by atoms with Gasteiger partial charge in [0.05, 0.1) is 7.11 Å². The monoisotopic (exact) mass is 510 g/mol. The molecule has 0 saturated carbocycles. The first-order valence-corrected chi connectivity index (χ1v) is 12.3. The standard InChI is InChI=1S/C31H30N2O5/c1-36-27-18-14-26(15-19-27)32-30(34)29(33-31(35)38-22-25-10-6-3-7-11-25)20-23-12-16-28(17-13-23)37-21-24-8-4-2-5-9-24/h2-19,29H,20-22H2,1H3,(H,32,34)(H,33,35)/t29-/m1/s1. The van der Waals surface area contributed by atoms with E-state index in [1.807, 2.05) is 84.9 Å². The maximum absolute atomic E-state index is 13.2. The van der Waals surface area contributed by atoms with Crippen molar-refractivity contribution in [2.75, 3.05) is 12.4 Å². The maximum atomic E-state index is 13.2. The van der Waals surface area contributed by atoms with Gasteiger partial charge < -0.3 is 24.8 Å². The Hall–Kier alpha value is -4.78. The van der Waals surface area contributed by atoms with Gasteiger partial charge in [-0.05, 0) is 53.1 Å². The largest absolute Gasteiger partial charge is 0.497 e. The summed E-state index contributed by atoms with van der Waals surface area (Å²) in [5.41, 5.74) is 3.37. The minimum atomic E-state index is -0.864. The van der Waals surface area contributed by atoms with E-state index in [0.717, 1.165) is 16.7 Å². The summed E-state index contributed by atoms with van der Waals surface area (Å²) in [6.07, 6.45) is -0.409. The topological polar surface area (TPSA) is 85.9 Å². The van der Waals surface area contributed by atoms with Crippen LogP contribution in [-0.2, 0) is 29.2 Å². The van der Waals surface area contributed by atoms with Crippen molar-refractivity contribution in [3.05, 3.63) is 126 Å². The minimum absolute atomic E-state index is 0.104. The number of carbonyl (C=O) groups is 2. The second-order valence-electron chi connectivity index (χ2n) is 8.60. The first kappa shape index (κ1) is 26.3. The summed E-state index contributed by atoms with van der Waals surface area (Å²) >= 11 is 0. The lowest BCUT2D eigenvalue weighted by molar-refractivity contribution is -0.118. The number of nitrogens with one attached hydrogen (secondary N) is 2. The zero-order chi connectivity index (χ0) is 26.6. The van der Waals surface area contributed by atoms with Crippen LogP contribution >= 0.6 is 0 Å². The Morgan fingerprint density at radius 2 is 1.26 bits per heavy atom. The van der Waals surface area contributed by atoms with E-state index < -0.39 is 12.1 Å². The number of benzene rings is 4. The van der Waals surface area contributed by atoms with Gasteiger partial charge in [-0.3, -0.25) is 4.79 Å². The van der Waals surface area contributed by atoms with Crippen LogP contribution in [0.25, 0.3) is 0 Å². The Kier molecular flexibility index (Phi) is 9.34. The van der Waals surface area contributed by atoms with Crippen LogP contribution in [0.5, 0.6) is 11.5 Å². The molecule has 0 fully saturated rings. The van der Waals surface area contributed by atoms with Crippen LogP contribution in [0.2, 0.25) is 0 Å². The van der Waals surface area contributed by atoms with Crippen molar-refractivity contribution < 1.29 is 23.8 Å². The van der Waals surface area contributed by atoms with Crippen LogP contribution < -0.4 is 20.1 Å². The molecule has 0 spiro atoms. The van der Waals surface area contributed by atoms with E-state index in [0.29, 0.717) is 23.8 Å². The van der Waals surface area contributed by atoms with E-state index in [-0.39, 0.29) is 18.9 Å². The van der Waals surface area contributed by atoms with Gasteiger partial charge in [0.2, 0.25) is 5.91 Å². The van der Waals surface area contributed by atoms with Crippen LogP contribution in [0, 0.1) is 0 Å². The summed E-state index contributed by atoms with van der Waals surface area (Å²) in [5.74, 6) is 1.03. The smallest absolute Gasteiger partial charge is 0.408 e. The van der Waals surface area contributed by atoms with Gasteiger partial charge in [-0.15, -0.1) is 0 Å². The Bertz CT molecular complexity index is 1290. The van der Waals surface area contributed by atoms with Crippen molar-refractivity contribution in [1.82, 2.24) is 5.32 Å². The maximum Gasteiger partial charge on any atom is 0.408 e. The molecular formula is C31H30N2O5. The summed E-state index contributed by atoms with van der Waals surface area (Å²) in [5, 5.41) is 5.56. The number of carbonyl (C=O) groups excluding carboxylic acids is 2. The number of hydrogen-bond acceptors (Lipinski definition) is 5. The summed E-state index contributed by atoms with van der Waals surface area (Å²) in [6, 6.07) is 32.8. The van der Waals surface area contributed by atoms with Crippen molar-refractivity contribution >= 4 is 17.7 Å². The van der Waals surface area contributed by atoms with Gasteiger partial charge in [0.15, 0.2) is 0 Å². The quantitative estimate of drug-likeness (QED) is 0.268. The van der Waals surface area contributed by atoms with E-state index in [4.69, 9.17) is 14.2 Å². The third-order valence-corrected chi connectivity index (χ3v) is 5.79. The highest BCUT2D eigenvalue weighted by Gasteiger charge is 2.22. The van der Waals surface area contributed by atoms with Crippen molar-refractivity contribution in [3.8, 4) is 11.5 Å². The molecule has 0 aliphatic heterocycles. The number of rotatable bonds is 11. The van der Waals surface area contributed by atoms with Crippen LogP contribution in [-0.4, -0.2) is 25.2 Å². The van der Waals surface area contributed by atoms with Crippen LogP contribution in [0.4, 0.5) is 10.5 Å². The zero-order valence-electron chi connectivity index (χ0n) is 21.1. The van der Waals surface area contributed by atoms with E-state index in [1.165, 1.54) is 0 Å². The van der Waals surface area contributed by atoms with Crippen LogP contribution in [0.15, 0.2) is 109 Å². The fraction of sp³-hybridized carbons (Fsp3) is 0.161. The molecule has 0 aliphatic rings. The average molecular weight is 511 g/mol. The Morgan fingerprint density at radius 1 is 0.684 bits per heavy atom. The fourth-order valence-electron chi connectivity index (χ4n) is 3.72. The average Bonchev–Trinajstić information content (AvgIpc) is 2.97. The number of hydrogen-bond donors (Lipinski definition) is 2. The molecule has 0 bridgehead atoms.